The van der Waals surface area contributed by atoms with Gasteiger partial charge >= 0.3 is 0 Å². The number of hydrogen-bond acceptors (Lipinski definition) is 2. The number of ether oxygens (including phenoxy) is 1. The van der Waals surface area contributed by atoms with Gasteiger partial charge in [0, 0.05) is 5.02 Å². The van der Waals surface area contributed by atoms with Crippen LogP contribution in [0.3, 0.4) is 0 Å². The second kappa shape index (κ2) is 5.99. The number of nitrogens with two attached hydrogens (primary N) is 1. The van der Waals surface area contributed by atoms with E-state index in [1.807, 2.05) is 18.2 Å². The zero-order valence-electron chi connectivity index (χ0n) is 9.29. The van der Waals surface area contributed by atoms with Crippen molar-refractivity contribution in [1.29, 1.82) is 0 Å². The molecular formula is C12H18ClNO. The smallest absolute Gasteiger partial charge is 0.122 e. The molecule has 0 saturated carbocycles. The lowest BCUT2D eigenvalue weighted by Crippen LogP contribution is -2.11. The third-order valence-electron chi connectivity index (χ3n) is 2.55. The standard InChI is InChI=1S/C12H18ClNO/c1-9(8-14)3-4-10-7-11(13)5-6-12(10)15-2/h5-7,9H,3-4,8,14H2,1-2H3. The van der Waals surface area contributed by atoms with Crippen molar-refractivity contribution in [3.8, 4) is 5.75 Å². The topological polar surface area (TPSA) is 35.2 Å². The molecule has 0 aliphatic heterocycles. The molecule has 1 atom stereocenters. The van der Waals surface area contributed by atoms with Crippen LogP contribution in [0.1, 0.15) is 18.9 Å². The lowest BCUT2D eigenvalue weighted by Gasteiger charge is -2.11. The second-order valence-corrected chi connectivity index (χ2v) is 4.27. The van der Waals surface area contributed by atoms with E-state index in [9.17, 15) is 0 Å². The van der Waals surface area contributed by atoms with Gasteiger partial charge in [-0.2, -0.15) is 0 Å². The predicted octanol–water partition coefficient (Wildman–Crippen LogP) is 2.88. The molecule has 0 radical (unpaired) electrons. The van der Waals surface area contributed by atoms with Crippen LogP contribution in [0.4, 0.5) is 0 Å². The number of methoxy groups -OCH3 is 1. The Morgan fingerprint density at radius 3 is 2.80 bits per heavy atom. The van der Waals surface area contributed by atoms with E-state index in [0.29, 0.717) is 5.92 Å². The van der Waals surface area contributed by atoms with E-state index in [4.69, 9.17) is 22.1 Å². The van der Waals surface area contributed by atoms with Gasteiger partial charge in [0.1, 0.15) is 5.75 Å². The fourth-order valence-corrected chi connectivity index (χ4v) is 1.66. The van der Waals surface area contributed by atoms with Crippen LogP contribution in [0.15, 0.2) is 18.2 Å². The minimum absolute atomic E-state index is 0.536. The average Bonchev–Trinajstić information content (AvgIpc) is 2.26. The normalized spacial score (nSPS) is 12.5. The van der Waals surface area contributed by atoms with Gasteiger partial charge in [-0.25, -0.2) is 0 Å². The Labute approximate surface area is 96.4 Å². The van der Waals surface area contributed by atoms with Crippen LogP contribution < -0.4 is 10.5 Å². The molecule has 1 aromatic rings. The molecule has 0 fully saturated rings. The van der Waals surface area contributed by atoms with Crippen LogP contribution in [0.25, 0.3) is 0 Å². The fraction of sp³-hybridized carbons (Fsp3) is 0.500. The van der Waals surface area contributed by atoms with Crippen molar-refractivity contribution in [3.05, 3.63) is 28.8 Å². The molecule has 0 spiro atoms. The minimum atomic E-state index is 0.536. The molecule has 15 heavy (non-hydrogen) atoms. The molecule has 2 nitrogen and oxygen atoms in total. The van der Waals surface area contributed by atoms with Gasteiger partial charge in [-0.3, -0.25) is 0 Å². The summed E-state index contributed by atoms with van der Waals surface area (Å²) in [7, 11) is 1.68. The largest absolute Gasteiger partial charge is 0.496 e. The molecule has 1 aromatic carbocycles. The van der Waals surface area contributed by atoms with E-state index in [2.05, 4.69) is 6.92 Å². The van der Waals surface area contributed by atoms with Crippen molar-refractivity contribution in [3.63, 3.8) is 0 Å². The molecule has 0 aliphatic carbocycles. The summed E-state index contributed by atoms with van der Waals surface area (Å²) in [5.74, 6) is 1.44. The van der Waals surface area contributed by atoms with Crippen molar-refractivity contribution in [1.82, 2.24) is 0 Å². The van der Waals surface area contributed by atoms with Crippen LogP contribution >= 0.6 is 11.6 Å². The highest BCUT2D eigenvalue weighted by atomic mass is 35.5. The monoisotopic (exact) mass is 227 g/mol. The Balaban J connectivity index is 2.69. The Morgan fingerprint density at radius 1 is 1.47 bits per heavy atom. The van der Waals surface area contributed by atoms with Crippen molar-refractivity contribution >= 4 is 11.6 Å². The van der Waals surface area contributed by atoms with Gasteiger partial charge < -0.3 is 10.5 Å². The van der Waals surface area contributed by atoms with Crippen LogP contribution in [-0.4, -0.2) is 13.7 Å². The number of rotatable bonds is 5. The zero-order valence-corrected chi connectivity index (χ0v) is 10.1. The van der Waals surface area contributed by atoms with E-state index in [-0.39, 0.29) is 0 Å². The van der Waals surface area contributed by atoms with E-state index < -0.39 is 0 Å². The highest BCUT2D eigenvalue weighted by Gasteiger charge is 2.06. The summed E-state index contributed by atoms with van der Waals surface area (Å²) >= 11 is 5.94. The van der Waals surface area contributed by atoms with Crippen LogP contribution in [0, 0.1) is 5.92 Å². The minimum Gasteiger partial charge on any atom is -0.496 e. The second-order valence-electron chi connectivity index (χ2n) is 3.84. The van der Waals surface area contributed by atoms with Gasteiger partial charge in [-0.15, -0.1) is 0 Å². The molecule has 2 N–H and O–H groups in total. The highest BCUT2D eigenvalue weighted by molar-refractivity contribution is 6.30. The summed E-state index contributed by atoms with van der Waals surface area (Å²) in [6, 6.07) is 5.71. The fourth-order valence-electron chi connectivity index (χ4n) is 1.46. The van der Waals surface area contributed by atoms with Gasteiger partial charge in [0.05, 0.1) is 7.11 Å². The Morgan fingerprint density at radius 2 is 2.20 bits per heavy atom. The summed E-state index contributed by atoms with van der Waals surface area (Å²) in [5.41, 5.74) is 6.74. The zero-order chi connectivity index (χ0) is 11.3. The molecule has 0 bridgehead atoms. The van der Waals surface area contributed by atoms with Gasteiger partial charge in [0.2, 0.25) is 0 Å². The van der Waals surface area contributed by atoms with Gasteiger partial charge in [0.25, 0.3) is 0 Å². The summed E-state index contributed by atoms with van der Waals surface area (Å²) in [6.45, 7) is 2.87. The van der Waals surface area contributed by atoms with Crippen molar-refractivity contribution in [2.75, 3.05) is 13.7 Å². The number of halogens is 1. The average molecular weight is 228 g/mol. The molecule has 3 heteroatoms. The van der Waals surface area contributed by atoms with Gasteiger partial charge in [-0.05, 0) is 49.1 Å². The quantitative estimate of drug-likeness (QED) is 0.840. The van der Waals surface area contributed by atoms with Crippen LogP contribution in [-0.2, 0) is 6.42 Å². The highest BCUT2D eigenvalue weighted by Crippen LogP contribution is 2.24. The number of benzene rings is 1. The van der Waals surface area contributed by atoms with Gasteiger partial charge in [-0.1, -0.05) is 18.5 Å². The van der Waals surface area contributed by atoms with E-state index in [1.54, 1.807) is 7.11 Å². The maximum Gasteiger partial charge on any atom is 0.122 e. The summed E-state index contributed by atoms with van der Waals surface area (Å²) in [6.07, 6.45) is 2.02. The molecule has 1 rings (SSSR count). The Bertz CT molecular complexity index is 314. The molecule has 0 aromatic heterocycles. The SMILES string of the molecule is COc1ccc(Cl)cc1CCC(C)CN. The van der Waals surface area contributed by atoms with Crippen LogP contribution in [0.5, 0.6) is 5.75 Å². The summed E-state index contributed by atoms with van der Waals surface area (Å²) < 4.78 is 5.28. The maximum absolute atomic E-state index is 5.94. The van der Waals surface area contributed by atoms with Crippen LogP contribution in [0.2, 0.25) is 5.02 Å². The molecule has 0 amide bonds. The van der Waals surface area contributed by atoms with Crippen molar-refractivity contribution < 1.29 is 4.74 Å². The number of hydrogen-bond donors (Lipinski definition) is 1. The van der Waals surface area contributed by atoms with Crippen molar-refractivity contribution in [2.24, 2.45) is 11.7 Å². The summed E-state index contributed by atoms with van der Waals surface area (Å²) in [5, 5.41) is 0.756. The summed E-state index contributed by atoms with van der Waals surface area (Å²) in [4.78, 5) is 0. The van der Waals surface area contributed by atoms with E-state index in [0.717, 1.165) is 35.7 Å². The molecule has 1 unspecified atom stereocenters. The molecular weight excluding hydrogens is 210 g/mol. The Hall–Kier alpha value is -0.730. The predicted molar refractivity (Wildman–Crippen MR) is 64.5 cm³/mol. The number of aryl methyl sites for hydroxylation is 1. The third-order valence-corrected chi connectivity index (χ3v) is 2.79. The first-order valence-corrected chi connectivity index (χ1v) is 5.57. The van der Waals surface area contributed by atoms with E-state index >= 15 is 0 Å². The van der Waals surface area contributed by atoms with Gasteiger partial charge in [0.15, 0.2) is 0 Å². The van der Waals surface area contributed by atoms with E-state index in [1.165, 1.54) is 0 Å². The first-order chi connectivity index (χ1) is 7.17. The molecule has 84 valence electrons. The lowest BCUT2D eigenvalue weighted by atomic mass is 10.0. The first kappa shape index (κ1) is 12.3. The lowest BCUT2D eigenvalue weighted by molar-refractivity contribution is 0.407. The van der Waals surface area contributed by atoms with Crippen molar-refractivity contribution in [2.45, 2.75) is 19.8 Å². The molecule has 0 heterocycles. The molecule has 0 aliphatic rings. The third kappa shape index (κ3) is 3.73. The molecule has 0 saturated heterocycles. The Kier molecular flexibility index (Phi) is 4.92. The maximum atomic E-state index is 5.94. The first-order valence-electron chi connectivity index (χ1n) is 5.20.